The molecule has 0 amide bonds. The highest BCUT2D eigenvalue weighted by Crippen LogP contribution is 2.17. The minimum absolute atomic E-state index is 0.265. The summed E-state index contributed by atoms with van der Waals surface area (Å²) >= 11 is 0. The van der Waals surface area contributed by atoms with Crippen LogP contribution in [0.3, 0.4) is 0 Å². The molecule has 0 atom stereocenters. The number of nitrogens with zero attached hydrogens (tertiary/aromatic N) is 3. The monoisotopic (exact) mass is 283 g/mol. The standard InChI is InChI=1S/C13H25N5O2/c1-4-5-15-11-10-12(17-13(14)16-11)18(6-8-19-2)7-9-20-3/h10H,4-9H2,1-3H3,(H3,14,15,16,17). The van der Waals surface area contributed by atoms with Crippen LogP contribution in [0.15, 0.2) is 6.07 Å². The molecule has 0 unspecified atom stereocenters. The molecule has 7 heteroatoms. The van der Waals surface area contributed by atoms with Crippen molar-refractivity contribution in [1.82, 2.24) is 9.97 Å². The highest BCUT2D eigenvalue weighted by atomic mass is 16.5. The lowest BCUT2D eigenvalue weighted by molar-refractivity contribution is 0.190. The first-order chi connectivity index (χ1) is 9.71. The molecule has 7 nitrogen and oxygen atoms in total. The molecule has 1 rings (SSSR count). The number of nitrogens with one attached hydrogen (secondary N) is 1. The second-order valence-electron chi connectivity index (χ2n) is 4.37. The van der Waals surface area contributed by atoms with Crippen LogP contribution in [0, 0.1) is 0 Å². The number of rotatable bonds is 10. The van der Waals surface area contributed by atoms with Crippen LogP contribution in [0.2, 0.25) is 0 Å². The van der Waals surface area contributed by atoms with Crippen molar-refractivity contribution in [3.8, 4) is 0 Å². The topological polar surface area (TPSA) is 85.5 Å². The van der Waals surface area contributed by atoms with Crippen LogP contribution in [0.1, 0.15) is 13.3 Å². The second-order valence-corrected chi connectivity index (χ2v) is 4.37. The van der Waals surface area contributed by atoms with Crippen molar-refractivity contribution in [1.29, 1.82) is 0 Å². The van der Waals surface area contributed by atoms with Gasteiger partial charge < -0.3 is 25.4 Å². The summed E-state index contributed by atoms with van der Waals surface area (Å²) in [6.07, 6.45) is 1.02. The van der Waals surface area contributed by atoms with Crippen molar-refractivity contribution in [2.24, 2.45) is 0 Å². The lowest BCUT2D eigenvalue weighted by Gasteiger charge is -2.23. The summed E-state index contributed by atoms with van der Waals surface area (Å²) in [6.45, 7) is 5.64. The van der Waals surface area contributed by atoms with E-state index in [1.807, 2.05) is 6.07 Å². The van der Waals surface area contributed by atoms with Gasteiger partial charge in [0.15, 0.2) is 0 Å². The van der Waals surface area contributed by atoms with E-state index in [2.05, 4.69) is 27.1 Å². The summed E-state index contributed by atoms with van der Waals surface area (Å²) < 4.78 is 10.3. The average Bonchev–Trinajstić information content (AvgIpc) is 2.44. The van der Waals surface area contributed by atoms with Crippen molar-refractivity contribution >= 4 is 17.6 Å². The lowest BCUT2D eigenvalue weighted by atomic mass is 10.4. The van der Waals surface area contributed by atoms with Crippen molar-refractivity contribution < 1.29 is 9.47 Å². The molecule has 0 aliphatic carbocycles. The molecular formula is C13H25N5O2. The predicted molar refractivity (Wildman–Crippen MR) is 81.2 cm³/mol. The van der Waals surface area contributed by atoms with E-state index in [4.69, 9.17) is 15.2 Å². The molecule has 1 heterocycles. The van der Waals surface area contributed by atoms with Crippen molar-refractivity contribution in [2.45, 2.75) is 13.3 Å². The first-order valence-corrected chi connectivity index (χ1v) is 6.82. The Morgan fingerprint density at radius 3 is 2.40 bits per heavy atom. The fourth-order valence-electron chi connectivity index (χ4n) is 1.70. The number of ether oxygens (including phenoxy) is 2. The van der Waals surface area contributed by atoms with Gasteiger partial charge in [-0.25, -0.2) is 0 Å². The number of methoxy groups -OCH3 is 2. The van der Waals surface area contributed by atoms with E-state index >= 15 is 0 Å². The molecule has 0 aromatic carbocycles. The van der Waals surface area contributed by atoms with Crippen molar-refractivity contribution in [3.05, 3.63) is 6.07 Å². The van der Waals surface area contributed by atoms with Gasteiger partial charge in [-0.2, -0.15) is 9.97 Å². The van der Waals surface area contributed by atoms with Crippen molar-refractivity contribution in [3.63, 3.8) is 0 Å². The SMILES string of the molecule is CCCNc1cc(N(CCOC)CCOC)nc(N)n1. The summed E-state index contributed by atoms with van der Waals surface area (Å²) in [5.74, 6) is 1.79. The lowest BCUT2D eigenvalue weighted by Crippen LogP contribution is -2.31. The maximum Gasteiger partial charge on any atom is 0.223 e. The zero-order valence-corrected chi connectivity index (χ0v) is 12.6. The summed E-state index contributed by atoms with van der Waals surface area (Å²) in [7, 11) is 3.36. The largest absolute Gasteiger partial charge is 0.383 e. The van der Waals surface area contributed by atoms with Gasteiger partial charge >= 0.3 is 0 Å². The number of anilines is 3. The van der Waals surface area contributed by atoms with Gasteiger partial charge in [0.05, 0.1) is 13.2 Å². The number of aromatic nitrogens is 2. The van der Waals surface area contributed by atoms with E-state index in [1.165, 1.54) is 0 Å². The van der Waals surface area contributed by atoms with Crippen LogP contribution in [0.5, 0.6) is 0 Å². The minimum Gasteiger partial charge on any atom is -0.383 e. The normalized spacial score (nSPS) is 10.6. The molecule has 0 fully saturated rings. The summed E-state index contributed by atoms with van der Waals surface area (Å²) in [6, 6.07) is 1.90. The molecule has 1 aromatic rings. The van der Waals surface area contributed by atoms with E-state index in [-0.39, 0.29) is 5.95 Å². The molecule has 0 aliphatic rings. The molecule has 1 aromatic heterocycles. The third-order valence-electron chi connectivity index (χ3n) is 2.74. The molecule has 0 saturated carbocycles. The Balaban J connectivity index is 2.83. The van der Waals surface area contributed by atoms with Crippen LogP contribution in [-0.4, -0.2) is 57.0 Å². The highest BCUT2D eigenvalue weighted by Gasteiger charge is 2.10. The van der Waals surface area contributed by atoms with Gasteiger partial charge in [0, 0.05) is 39.9 Å². The predicted octanol–water partition coefficient (Wildman–Crippen LogP) is 0.980. The van der Waals surface area contributed by atoms with E-state index in [9.17, 15) is 0 Å². The Morgan fingerprint density at radius 1 is 1.20 bits per heavy atom. The van der Waals surface area contributed by atoms with Crippen molar-refractivity contribution in [2.75, 3.05) is 63.0 Å². The summed E-state index contributed by atoms with van der Waals surface area (Å²) in [4.78, 5) is 10.5. The first kappa shape index (κ1) is 16.5. The molecule has 0 radical (unpaired) electrons. The molecule has 0 saturated heterocycles. The third-order valence-corrected chi connectivity index (χ3v) is 2.74. The summed E-state index contributed by atoms with van der Waals surface area (Å²) in [5.41, 5.74) is 5.77. The Hall–Kier alpha value is -1.60. The van der Waals surface area contributed by atoms with Gasteiger partial charge in [0.1, 0.15) is 11.6 Å². The molecule has 20 heavy (non-hydrogen) atoms. The maximum absolute atomic E-state index is 5.77. The Kier molecular flexibility index (Phi) is 7.67. The number of nitrogens with two attached hydrogens (primary N) is 1. The van der Waals surface area contributed by atoms with Gasteiger partial charge in [-0.15, -0.1) is 0 Å². The van der Waals surface area contributed by atoms with Gasteiger partial charge in [0.2, 0.25) is 5.95 Å². The zero-order chi connectivity index (χ0) is 14.8. The molecule has 0 aliphatic heterocycles. The maximum atomic E-state index is 5.77. The van der Waals surface area contributed by atoms with E-state index in [0.29, 0.717) is 13.2 Å². The zero-order valence-electron chi connectivity index (χ0n) is 12.6. The quantitative estimate of drug-likeness (QED) is 0.662. The Morgan fingerprint density at radius 2 is 1.85 bits per heavy atom. The van der Waals surface area contributed by atoms with Crippen LogP contribution in [-0.2, 0) is 9.47 Å². The highest BCUT2D eigenvalue weighted by molar-refractivity contribution is 5.52. The summed E-state index contributed by atoms with van der Waals surface area (Å²) in [5, 5.41) is 3.22. The smallest absolute Gasteiger partial charge is 0.223 e. The van der Waals surface area contributed by atoms with Gasteiger partial charge in [-0.1, -0.05) is 6.92 Å². The molecule has 3 N–H and O–H groups in total. The first-order valence-electron chi connectivity index (χ1n) is 6.82. The average molecular weight is 283 g/mol. The minimum atomic E-state index is 0.265. The van der Waals surface area contributed by atoms with Crippen LogP contribution in [0.25, 0.3) is 0 Å². The molecule has 114 valence electrons. The number of hydrogen-bond acceptors (Lipinski definition) is 7. The number of nitrogen functional groups attached to an aromatic ring is 1. The fraction of sp³-hybridized carbons (Fsp3) is 0.692. The van der Waals surface area contributed by atoms with Crippen LogP contribution in [0.4, 0.5) is 17.6 Å². The van der Waals surface area contributed by atoms with E-state index in [1.54, 1.807) is 14.2 Å². The molecule has 0 spiro atoms. The molecule has 0 bridgehead atoms. The Labute approximate surface area is 120 Å². The molecular weight excluding hydrogens is 258 g/mol. The van der Waals surface area contributed by atoms with Crippen LogP contribution < -0.4 is 16.0 Å². The van der Waals surface area contributed by atoms with E-state index in [0.717, 1.165) is 37.7 Å². The fourth-order valence-corrected chi connectivity index (χ4v) is 1.70. The van der Waals surface area contributed by atoms with Gasteiger partial charge in [-0.3, -0.25) is 0 Å². The van der Waals surface area contributed by atoms with Crippen LogP contribution >= 0.6 is 0 Å². The van der Waals surface area contributed by atoms with Gasteiger partial charge in [0.25, 0.3) is 0 Å². The second kappa shape index (κ2) is 9.33. The Bertz CT molecular complexity index is 381. The third kappa shape index (κ3) is 5.58. The van der Waals surface area contributed by atoms with E-state index < -0.39 is 0 Å². The van der Waals surface area contributed by atoms with Gasteiger partial charge in [-0.05, 0) is 6.42 Å². The number of hydrogen-bond donors (Lipinski definition) is 2.